The summed E-state index contributed by atoms with van der Waals surface area (Å²) in [5.74, 6) is 0.594. The van der Waals surface area contributed by atoms with Crippen LogP contribution >= 0.6 is 0 Å². The van der Waals surface area contributed by atoms with E-state index in [4.69, 9.17) is 14.6 Å². The average Bonchev–Trinajstić information content (AvgIpc) is 2.90. The van der Waals surface area contributed by atoms with Crippen molar-refractivity contribution in [2.45, 2.75) is 13.3 Å². The fourth-order valence-corrected chi connectivity index (χ4v) is 2.40. The Morgan fingerprint density at radius 1 is 1.23 bits per heavy atom. The highest BCUT2D eigenvalue weighted by Gasteiger charge is 2.12. The van der Waals surface area contributed by atoms with Crippen LogP contribution in [0, 0.1) is 0 Å². The van der Waals surface area contributed by atoms with Gasteiger partial charge in [0.2, 0.25) is 5.91 Å². The van der Waals surface area contributed by atoms with Crippen LogP contribution in [-0.2, 0) is 11.2 Å². The molecule has 0 bridgehead atoms. The molecule has 0 fully saturated rings. The zero-order valence-electron chi connectivity index (χ0n) is 12.7. The predicted molar refractivity (Wildman–Crippen MR) is 85.4 cm³/mol. The molecule has 1 aromatic heterocycles. The Bertz CT molecular complexity index is 654. The van der Waals surface area contributed by atoms with Crippen LogP contribution in [0.2, 0.25) is 0 Å². The Hall–Kier alpha value is -2.11. The largest absolute Gasteiger partial charge is 0.460 e. The Kier molecular flexibility index (Phi) is 5.75. The number of aryl methyl sites for hydroxylation is 1. The summed E-state index contributed by atoms with van der Waals surface area (Å²) in [6.07, 6.45) is 3.94. The highest BCUT2D eigenvalue weighted by Crippen LogP contribution is 2.27. The van der Waals surface area contributed by atoms with Gasteiger partial charge in [0.05, 0.1) is 13.2 Å². The molecular formula is C17H21NO4. The average molecular weight is 303 g/mol. The monoisotopic (exact) mass is 303 g/mol. The van der Waals surface area contributed by atoms with E-state index in [9.17, 15) is 4.79 Å². The quantitative estimate of drug-likeness (QED) is 0.765. The Labute approximate surface area is 129 Å². The number of fused-ring (bicyclic) bond motifs is 1. The molecule has 0 aliphatic carbocycles. The zero-order valence-corrected chi connectivity index (χ0v) is 12.7. The van der Waals surface area contributed by atoms with E-state index >= 15 is 0 Å². The minimum absolute atomic E-state index is 0.131. The Balaban J connectivity index is 2.27. The fraction of sp³-hybridized carbons (Fsp3) is 0.353. The van der Waals surface area contributed by atoms with Gasteiger partial charge in [-0.2, -0.15) is 0 Å². The number of para-hydroxylation sites is 1. The van der Waals surface area contributed by atoms with Crippen LogP contribution in [0.1, 0.15) is 18.2 Å². The topological polar surface area (TPSA) is 73.9 Å². The lowest BCUT2D eigenvalue weighted by Gasteiger charge is -2.18. The van der Waals surface area contributed by atoms with Gasteiger partial charge < -0.3 is 19.5 Å². The molecule has 0 atom stereocenters. The van der Waals surface area contributed by atoms with Crippen molar-refractivity contribution in [2.24, 2.45) is 0 Å². The second-order valence-electron chi connectivity index (χ2n) is 4.89. The van der Waals surface area contributed by atoms with Gasteiger partial charge in [-0.25, -0.2) is 0 Å². The number of carbonyl (C=O) groups excluding carboxylic acids is 1. The van der Waals surface area contributed by atoms with Gasteiger partial charge in [0.25, 0.3) is 0 Å². The molecule has 1 heterocycles. The number of aliphatic hydroxyl groups excluding tert-OH is 2. The molecule has 0 aliphatic rings. The fourth-order valence-electron chi connectivity index (χ4n) is 2.40. The van der Waals surface area contributed by atoms with Crippen LogP contribution in [0.15, 0.2) is 34.8 Å². The minimum atomic E-state index is -0.240. The molecule has 5 heteroatoms. The molecule has 0 spiro atoms. The summed E-state index contributed by atoms with van der Waals surface area (Å²) in [5.41, 5.74) is 1.70. The van der Waals surface area contributed by atoms with Gasteiger partial charge in [0, 0.05) is 36.5 Å². The van der Waals surface area contributed by atoms with Gasteiger partial charge in [-0.1, -0.05) is 25.1 Å². The summed E-state index contributed by atoms with van der Waals surface area (Å²) in [6.45, 7) is 2.15. The number of hydrogen-bond donors (Lipinski definition) is 2. The normalized spacial score (nSPS) is 11.4. The first-order valence-electron chi connectivity index (χ1n) is 7.40. The third kappa shape index (κ3) is 3.55. The maximum Gasteiger partial charge on any atom is 0.246 e. The van der Waals surface area contributed by atoms with Crippen molar-refractivity contribution in [3.05, 3.63) is 41.7 Å². The van der Waals surface area contributed by atoms with Gasteiger partial charge in [0.15, 0.2) is 0 Å². The maximum absolute atomic E-state index is 12.1. The highest BCUT2D eigenvalue weighted by atomic mass is 16.3. The minimum Gasteiger partial charge on any atom is -0.460 e. The predicted octanol–water partition coefficient (Wildman–Crippen LogP) is 1.82. The molecule has 1 amide bonds. The molecule has 0 saturated carbocycles. The van der Waals surface area contributed by atoms with Gasteiger partial charge >= 0.3 is 0 Å². The van der Waals surface area contributed by atoms with E-state index in [2.05, 4.69) is 0 Å². The smallest absolute Gasteiger partial charge is 0.246 e. The lowest BCUT2D eigenvalue weighted by atomic mass is 10.1. The van der Waals surface area contributed by atoms with Gasteiger partial charge in [-0.3, -0.25) is 4.79 Å². The number of aliphatic hydroxyl groups is 2. The molecule has 2 aromatic rings. The first-order chi connectivity index (χ1) is 10.7. The molecule has 1 aromatic carbocycles. The third-order valence-corrected chi connectivity index (χ3v) is 3.48. The van der Waals surface area contributed by atoms with Crippen LogP contribution in [0.4, 0.5) is 0 Å². The van der Waals surface area contributed by atoms with Crippen molar-refractivity contribution in [3.8, 4) is 0 Å². The van der Waals surface area contributed by atoms with Crippen molar-refractivity contribution in [3.63, 3.8) is 0 Å². The summed E-state index contributed by atoms with van der Waals surface area (Å²) in [6, 6.07) is 7.70. The van der Waals surface area contributed by atoms with Crippen LogP contribution in [0.25, 0.3) is 17.0 Å². The van der Waals surface area contributed by atoms with Crippen molar-refractivity contribution in [1.82, 2.24) is 4.90 Å². The summed E-state index contributed by atoms with van der Waals surface area (Å²) >= 11 is 0. The zero-order chi connectivity index (χ0) is 15.9. The standard InChI is InChI=1S/C17H21NO4/c1-2-15-14(13-5-3-4-6-16(13)22-15)7-8-17(21)18(9-11-19)10-12-20/h3-8,19-20H,2,9-12H2,1H3/b8-7+. The molecule has 2 rings (SSSR count). The molecule has 0 saturated heterocycles. The summed E-state index contributed by atoms with van der Waals surface area (Å²) in [4.78, 5) is 13.5. The molecule has 5 nitrogen and oxygen atoms in total. The molecule has 118 valence electrons. The third-order valence-electron chi connectivity index (χ3n) is 3.48. The Morgan fingerprint density at radius 3 is 2.55 bits per heavy atom. The summed E-state index contributed by atoms with van der Waals surface area (Å²) < 4.78 is 5.78. The van der Waals surface area contributed by atoms with Crippen molar-refractivity contribution in [2.75, 3.05) is 26.3 Å². The number of rotatable bonds is 7. The number of nitrogens with zero attached hydrogens (tertiary/aromatic N) is 1. The lowest BCUT2D eigenvalue weighted by molar-refractivity contribution is -0.126. The number of benzene rings is 1. The number of carbonyl (C=O) groups is 1. The van der Waals surface area contributed by atoms with Crippen LogP contribution < -0.4 is 0 Å². The van der Waals surface area contributed by atoms with E-state index in [1.807, 2.05) is 31.2 Å². The van der Waals surface area contributed by atoms with Crippen molar-refractivity contribution >= 4 is 23.0 Å². The Morgan fingerprint density at radius 2 is 1.91 bits per heavy atom. The first kappa shape index (κ1) is 16.3. The second kappa shape index (κ2) is 7.77. The van der Waals surface area contributed by atoms with E-state index in [0.717, 1.165) is 28.7 Å². The van der Waals surface area contributed by atoms with E-state index in [0.29, 0.717) is 0 Å². The van der Waals surface area contributed by atoms with Crippen LogP contribution in [0.3, 0.4) is 0 Å². The van der Waals surface area contributed by atoms with Gasteiger partial charge in [-0.15, -0.1) is 0 Å². The lowest BCUT2D eigenvalue weighted by Crippen LogP contribution is -2.34. The van der Waals surface area contributed by atoms with E-state index in [1.165, 1.54) is 11.0 Å². The highest BCUT2D eigenvalue weighted by molar-refractivity contribution is 5.96. The van der Waals surface area contributed by atoms with Gasteiger partial charge in [0.1, 0.15) is 11.3 Å². The molecule has 2 N–H and O–H groups in total. The molecule has 22 heavy (non-hydrogen) atoms. The summed E-state index contributed by atoms with van der Waals surface area (Å²) in [5, 5.41) is 18.9. The summed E-state index contributed by atoms with van der Waals surface area (Å²) in [7, 11) is 0. The molecule has 0 aliphatic heterocycles. The number of amides is 1. The number of furan rings is 1. The van der Waals surface area contributed by atoms with Gasteiger partial charge in [-0.05, 0) is 12.1 Å². The van der Waals surface area contributed by atoms with Crippen LogP contribution in [-0.4, -0.2) is 47.3 Å². The second-order valence-corrected chi connectivity index (χ2v) is 4.89. The SMILES string of the molecule is CCc1oc2ccccc2c1/C=C/C(=O)N(CCO)CCO. The van der Waals surface area contributed by atoms with Crippen LogP contribution in [0.5, 0.6) is 0 Å². The molecule has 0 unspecified atom stereocenters. The first-order valence-corrected chi connectivity index (χ1v) is 7.40. The van der Waals surface area contributed by atoms with Crippen molar-refractivity contribution in [1.29, 1.82) is 0 Å². The molecular weight excluding hydrogens is 282 g/mol. The van der Waals surface area contributed by atoms with Crippen molar-refractivity contribution < 1.29 is 19.4 Å². The maximum atomic E-state index is 12.1. The van der Waals surface area contributed by atoms with E-state index in [1.54, 1.807) is 6.08 Å². The number of hydrogen-bond acceptors (Lipinski definition) is 4. The van der Waals surface area contributed by atoms with E-state index in [-0.39, 0.29) is 32.2 Å². The van der Waals surface area contributed by atoms with E-state index < -0.39 is 0 Å². The molecule has 0 radical (unpaired) electrons.